The van der Waals surface area contributed by atoms with Gasteiger partial charge < -0.3 is 15.2 Å². The highest BCUT2D eigenvalue weighted by molar-refractivity contribution is 9.10. The van der Waals surface area contributed by atoms with Gasteiger partial charge in [0.1, 0.15) is 10.6 Å². The van der Waals surface area contributed by atoms with Crippen molar-refractivity contribution in [1.29, 1.82) is 0 Å². The molecule has 1 aromatic heterocycles. The number of rotatable bonds is 4. The van der Waals surface area contributed by atoms with Crippen LogP contribution >= 0.6 is 27.3 Å². The van der Waals surface area contributed by atoms with Crippen LogP contribution in [-0.4, -0.2) is 24.1 Å². The van der Waals surface area contributed by atoms with Crippen molar-refractivity contribution in [3.63, 3.8) is 0 Å². The zero-order valence-corrected chi connectivity index (χ0v) is 12.7. The second-order valence-electron chi connectivity index (χ2n) is 3.77. The predicted molar refractivity (Wildman–Crippen MR) is 79.9 cm³/mol. The average Bonchev–Trinajstić information content (AvgIpc) is 2.86. The molecule has 1 amide bonds. The summed E-state index contributed by atoms with van der Waals surface area (Å²) in [7, 11) is 1.46. The van der Waals surface area contributed by atoms with Gasteiger partial charge in [-0.2, -0.15) is 0 Å². The molecular formula is C13H10BrNO4S. The van der Waals surface area contributed by atoms with E-state index in [1.807, 2.05) is 0 Å². The maximum Gasteiger partial charge on any atom is 0.348 e. The summed E-state index contributed by atoms with van der Waals surface area (Å²) >= 11 is 4.34. The first-order chi connectivity index (χ1) is 9.52. The molecule has 0 bridgehead atoms. The van der Waals surface area contributed by atoms with Crippen LogP contribution in [0.3, 0.4) is 0 Å². The van der Waals surface area contributed by atoms with Crippen LogP contribution in [0, 0.1) is 0 Å². The topological polar surface area (TPSA) is 75.6 Å². The molecule has 1 heterocycles. The van der Waals surface area contributed by atoms with E-state index < -0.39 is 11.9 Å². The van der Waals surface area contributed by atoms with Crippen LogP contribution in [0.4, 0.5) is 5.69 Å². The van der Waals surface area contributed by atoms with Crippen molar-refractivity contribution in [2.24, 2.45) is 0 Å². The fraction of sp³-hybridized carbons (Fsp3) is 0.0769. The van der Waals surface area contributed by atoms with Gasteiger partial charge in [-0.1, -0.05) is 15.9 Å². The Kier molecular flexibility index (Phi) is 4.41. The second kappa shape index (κ2) is 6.06. The van der Waals surface area contributed by atoms with Crippen molar-refractivity contribution in [2.75, 3.05) is 12.4 Å². The molecule has 0 spiro atoms. The largest absolute Gasteiger partial charge is 0.496 e. The summed E-state index contributed by atoms with van der Waals surface area (Å²) in [6, 6.07) is 6.53. The van der Waals surface area contributed by atoms with E-state index in [1.54, 1.807) is 29.6 Å². The van der Waals surface area contributed by atoms with Crippen LogP contribution in [0.25, 0.3) is 0 Å². The molecule has 7 heteroatoms. The van der Waals surface area contributed by atoms with Gasteiger partial charge in [0.15, 0.2) is 0 Å². The summed E-state index contributed by atoms with van der Waals surface area (Å²) in [5, 5.41) is 13.2. The van der Waals surface area contributed by atoms with Gasteiger partial charge in [-0.15, -0.1) is 11.3 Å². The summed E-state index contributed by atoms with van der Waals surface area (Å²) in [5.41, 5.74) is 0.607. The molecule has 2 aromatic rings. The summed E-state index contributed by atoms with van der Waals surface area (Å²) in [5.74, 6) is -1.09. The Morgan fingerprint density at radius 1 is 1.35 bits per heavy atom. The van der Waals surface area contributed by atoms with E-state index in [0.717, 1.165) is 15.8 Å². The Morgan fingerprint density at radius 2 is 2.10 bits per heavy atom. The first-order valence-corrected chi connectivity index (χ1v) is 7.16. The number of halogens is 1. The van der Waals surface area contributed by atoms with E-state index in [2.05, 4.69) is 21.2 Å². The molecule has 0 saturated carbocycles. The molecular weight excluding hydrogens is 346 g/mol. The zero-order valence-electron chi connectivity index (χ0n) is 10.3. The monoisotopic (exact) mass is 355 g/mol. The first-order valence-electron chi connectivity index (χ1n) is 5.48. The van der Waals surface area contributed by atoms with E-state index in [-0.39, 0.29) is 10.6 Å². The summed E-state index contributed by atoms with van der Waals surface area (Å²) in [4.78, 5) is 23.3. The van der Waals surface area contributed by atoms with E-state index in [0.29, 0.717) is 11.3 Å². The minimum absolute atomic E-state index is 0.0921. The number of nitrogens with one attached hydrogen (secondary N) is 1. The Balaban J connectivity index is 2.28. The van der Waals surface area contributed by atoms with Crippen molar-refractivity contribution in [1.82, 2.24) is 0 Å². The zero-order chi connectivity index (χ0) is 14.7. The Labute approximate surface area is 127 Å². The van der Waals surface area contributed by atoms with Crippen molar-refractivity contribution >= 4 is 44.8 Å². The predicted octanol–water partition coefficient (Wildman–Crippen LogP) is 3.47. The summed E-state index contributed by atoms with van der Waals surface area (Å²) in [6.45, 7) is 0. The molecule has 0 aliphatic carbocycles. The molecule has 0 aliphatic rings. The van der Waals surface area contributed by atoms with E-state index in [4.69, 9.17) is 9.84 Å². The third kappa shape index (κ3) is 3.00. The highest BCUT2D eigenvalue weighted by atomic mass is 79.9. The number of carbonyl (C=O) groups excluding carboxylic acids is 1. The molecule has 2 rings (SSSR count). The fourth-order valence-corrected chi connectivity index (χ4v) is 2.64. The highest BCUT2D eigenvalue weighted by Crippen LogP contribution is 2.26. The molecule has 0 fully saturated rings. The van der Waals surface area contributed by atoms with Crippen molar-refractivity contribution in [3.8, 4) is 5.75 Å². The minimum Gasteiger partial charge on any atom is -0.496 e. The summed E-state index contributed by atoms with van der Waals surface area (Å²) in [6.07, 6.45) is 0. The van der Waals surface area contributed by atoms with Crippen LogP contribution in [0.2, 0.25) is 0 Å². The van der Waals surface area contributed by atoms with E-state index >= 15 is 0 Å². The standard InChI is InChI=1S/C13H10BrNO4S/c1-19-10-6-7(14)2-3-8(10)12(16)15-9-4-5-20-11(9)13(17)18/h2-6H,1H3,(H,15,16)(H,17,18). The molecule has 0 radical (unpaired) electrons. The van der Waals surface area contributed by atoms with Crippen LogP contribution in [0.15, 0.2) is 34.1 Å². The maximum absolute atomic E-state index is 12.2. The number of benzene rings is 1. The maximum atomic E-state index is 12.2. The van der Waals surface area contributed by atoms with Gasteiger partial charge in [-0.05, 0) is 29.6 Å². The van der Waals surface area contributed by atoms with E-state index in [9.17, 15) is 9.59 Å². The van der Waals surface area contributed by atoms with E-state index in [1.165, 1.54) is 7.11 Å². The molecule has 2 N–H and O–H groups in total. The number of methoxy groups -OCH3 is 1. The van der Waals surface area contributed by atoms with Crippen molar-refractivity contribution < 1.29 is 19.4 Å². The normalized spacial score (nSPS) is 10.1. The molecule has 20 heavy (non-hydrogen) atoms. The Morgan fingerprint density at radius 3 is 2.75 bits per heavy atom. The minimum atomic E-state index is -1.07. The number of hydrogen-bond donors (Lipinski definition) is 2. The number of carbonyl (C=O) groups is 2. The van der Waals surface area contributed by atoms with Crippen LogP contribution in [0.5, 0.6) is 5.75 Å². The summed E-state index contributed by atoms with van der Waals surface area (Å²) < 4.78 is 5.92. The van der Waals surface area contributed by atoms with Crippen LogP contribution in [-0.2, 0) is 0 Å². The number of aromatic carboxylic acids is 1. The van der Waals surface area contributed by atoms with Gasteiger partial charge in [0.2, 0.25) is 0 Å². The number of thiophene rings is 1. The lowest BCUT2D eigenvalue weighted by Gasteiger charge is -2.09. The SMILES string of the molecule is COc1cc(Br)ccc1C(=O)Nc1ccsc1C(=O)O. The van der Waals surface area contributed by atoms with Gasteiger partial charge in [-0.3, -0.25) is 4.79 Å². The number of carboxylic acids is 1. The molecule has 0 aliphatic heterocycles. The van der Waals surface area contributed by atoms with Gasteiger partial charge in [0.25, 0.3) is 5.91 Å². The molecule has 0 atom stereocenters. The van der Waals surface area contributed by atoms with Crippen molar-refractivity contribution in [3.05, 3.63) is 44.6 Å². The number of hydrogen-bond acceptors (Lipinski definition) is 4. The Bertz CT molecular complexity index is 668. The lowest BCUT2D eigenvalue weighted by Crippen LogP contribution is -2.14. The molecule has 0 unspecified atom stereocenters. The molecule has 0 saturated heterocycles. The fourth-order valence-electron chi connectivity index (χ4n) is 1.62. The number of carboxylic acid groups (broad SMARTS) is 1. The third-order valence-electron chi connectivity index (χ3n) is 2.52. The molecule has 1 aromatic carbocycles. The smallest absolute Gasteiger partial charge is 0.348 e. The first kappa shape index (κ1) is 14.5. The molecule has 104 valence electrons. The van der Waals surface area contributed by atoms with Crippen molar-refractivity contribution in [2.45, 2.75) is 0 Å². The van der Waals surface area contributed by atoms with Gasteiger partial charge in [0, 0.05) is 4.47 Å². The molecule has 5 nitrogen and oxygen atoms in total. The lowest BCUT2D eigenvalue weighted by atomic mass is 10.2. The van der Waals surface area contributed by atoms with Gasteiger partial charge >= 0.3 is 5.97 Å². The quantitative estimate of drug-likeness (QED) is 0.880. The number of amides is 1. The van der Waals surface area contributed by atoms with Gasteiger partial charge in [-0.25, -0.2) is 4.79 Å². The lowest BCUT2D eigenvalue weighted by molar-refractivity contribution is 0.0703. The highest BCUT2D eigenvalue weighted by Gasteiger charge is 2.17. The third-order valence-corrected chi connectivity index (χ3v) is 3.91. The Hall–Kier alpha value is -1.86. The average molecular weight is 356 g/mol. The van der Waals surface area contributed by atoms with Crippen LogP contribution < -0.4 is 10.1 Å². The number of ether oxygens (including phenoxy) is 1. The van der Waals surface area contributed by atoms with Crippen LogP contribution in [0.1, 0.15) is 20.0 Å². The van der Waals surface area contributed by atoms with Gasteiger partial charge in [0.05, 0.1) is 18.4 Å². The number of anilines is 1. The second-order valence-corrected chi connectivity index (χ2v) is 5.60.